The Hall–Kier alpha value is -0.860. The maximum Gasteiger partial charge on any atom is 0.0247 e. The van der Waals surface area contributed by atoms with Crippen molar-refractivity contribution in [1.82, 2.24) is 10.2 Å². The van der Waals surface area contributed by atoms with Gasteiger partial charge in [-0.2, -0.15) is 0 Å². The van der Waals surface area contributed by atoms with Crippen LogP contribution in [0.3, 0.4) is 0 Å². The van der Waals surface area contributed by atoms with Crippen LogP contribution in [0.1, 0.15) is 39.2 Å². The Morgan fingerprint density at radius 3 is 2.48 bits per heavy atom. The Labute approximate surface area is 129 Å². The molecule has 0 spiro atoms. The van der Waals surface area contributed by atoms with E-state index in [0.717, 1.165) is 24.4 Å². The molecule has 1 aromatic rings. The first kappa shape index (κ1) is 15.1. The lowest BCUT2D eigenvalue weighted by atomic mass is 9.93. The van der Waals surface area contributed by atoms with Crippen LogP contribution in [0.4, 0.5) is 0 Å². The molecule has 2 heteroatoms. The topological polar surface area (TPSA) is 15.3 Å². The highest BCUT2D eigenvalue weighted by Crippen LogP contribution is 2.35. The number of nitrogens with one attached hydrogen (secondary N) is 1. The normalized spacial score (nSPS) is 28.8. The minimum atomic E-state index is 0.628. The minimum Gasteiger partial charge on any atom is -0.311 e. The first-order valence-corrected chi connectivity index (χ1v) is 8.68. The van der Waals surface area contributed by atoms with Gasteiger partial charge < -0.3 is 5.32 Å². The Kier molecular flexibility index (Phi) is 4.66. The van der Waals surface area contributed by atoms with E-state index in [0.29, 0.717) is 12.1 Å². The summed E-state index contributed by atoms with van der Waals surface area (Å²) in [5, 5.41) is 3.82. The summed E-state index contributed by atoms with van der Waals surface area (Å²) in [6.45, 7) is 9.55. The SMILES string of the molecule is CC(C)C1CNC(C2CC2)CN1C(C)Cc1ccccc1. The van der Waals surface area contributed by atoms with Crippen LogP contribution >= 0.6 is 0 Å². The zero-order valence-corrected chi connectivity index (χ0v) is 13.8. The molecule has 1 saturated heterocycles. The number of hydrogen-bond acceptors (Lipinski definition) is 2. The Bertz CT molecular complexity index is 438. The highest BCUT2D eigenvalue weighted by Gasteiger charge is 2.39. The molecule has 0 amide bonds. The average molecular weight is 286 g/mol. The molecule has 1 N–H and O–H groups in total. The number of benzene rings is 1. The molecule has 21 heavy (non-hydrogen) atoms. The maximum atomic E-state index is 3.82. The van der Waals surface area contributed by atoms with Crippen LogP contribution in [-0.4, -0.2) is 36.1 Å². The van der Waals surface area contributed by atoms with E-state index < -0.39 is 0 Å². The monoisotopic (exact) mass is 286 g/mol. The van der Waals surface area contributed by atoms with E-state index >= 15 is 0 Å². The lowest BCUT2D eigenvalue weighted by Gasteiger charge is -2.46. The summed E-state index contributed by atoms with van der Waals surface area (Å²) < 4.78 is 0. The molecule has 2 nitrogen and oxygen atoms in total. The van der Waals surface area contributed by atoms with Gasteiger partial charge in [-0.05, 0) is 43.6 Å². The van der Waals surface area contributed by atoms with Crippen molar-refractivity contribution in [3.8, 4) is 0 Å². The summed E-state index contributed by atoms with van der Waals surface area (Å²) in [7, 11) is 0. The predicted octanol–water partition coefficient (Wildman–Crippen LogP) is 3.33. The highest BCUT2D eigenvalue weighted by molar-refractivity contribution is 5.16. The van der Waals surface area contributed by atoms with Crippen LogP contribution < -0.4 is 5.32 Å². The third kappa shape index (κ3) is 3.67. The summed E-state index contributed by atoms with van der Waals surface area (Å²) in [4.78, 5) is 2.79. The zero-order chi connectivity index (χ0) is 14.8. The van der Waals surface area contributed by atoms with Gasteiger partial charge in [-0.15, -0.1) is 0 Å². The molecule has 1 aliphatic heterocycles. The molecule has 1 heterocycles. The third-order valence-electron chi connectivity index (χ3n) is 5.32. The van der Waals surface area contributed by atoms with E-state index in [9.17, 15) is 0 Å². The molecule has 3 unspecified atom stereocenters. The molecule has 0 bridgehead atoms. The van der Waals surface area contributed by atoms with Gasteiger partial charge in [0.25, 0.3) is 0 Å². The summed E-state index contributed by atoms with van der Waals surface area (Å²) in [6, 6.07) is 13.0. The van der Waals surface area contributed by atoms with Gasteiger partial charge in [-0.1, -0.05) is 44.2 Å². The van der Waals surface area contributed by atoms with E-state index in [2.05, 4.69) is 61.3 Å². The first-order chi connectivity index (χ1) is 10.1. The highest BCUT2D eigenvalue weighted by atomic mass is 15.3. The van der Waals surface area contributed by atoms with Crippen molar-refractivity contribution in [2.24, 2.45) is 11.8 Å². The summed E-state index contributed by atoms with van der Waals surface area (Å²) in [6.07, 6.45) is 4.04. The van der Waals surface area contributed by atoms with Crippen molar-refractivity contribution >= 4 is 0 Å². The van der Waals surface area contributed by atoms with Gasteiger partial charge in [0.15, 0.2) is 0 Å². The summed E-state index contributed by atoms with van der Waals surface area (Å²) in [5.74, 6) is 1.67. The van der Waals surface area contributed by atoms with Gasteiger partial charge >= 0.3 is 0 Å². The second-order valence-corrected chi connectivity index (χ2v) is 7.40. The Morgan fingerprint density at radius 1 is 1.14 bits per heavy atom. The minimum absolute atomic E-state index is 0.628. The van der Waals surface area contributed by atoms with Crippen molar-refractivity contribution < 1.29 is 0 Å². The number of rotatable bonds is 5. The molecular formula is C19H30N2. The second kappa shape index (κ2) is 6.50. The molecule has 116 valence electrons. The van der Waals surface area contributed by atoms with Crippen LogP contribution in [0.25, 0.3) is 0 Å². The second-order valence-electron chi connectivity index (χ2n) is 7.40. The van der Waals surface area contributed by atoms with E-state index in [1.807, 2.05) is 0 Å². The number of nitrogens with zero attached hydrogens (tertiary/aromatic N) is 1. The quantitative estimate of drug-likeness (QED) is 0.893. The van der Waals surface area contributed by atoms with Crippen molar-refractivity contribution in [2.45, 2.75) is 58.2 Å². The number of hydrogen-bond donors (Lipinski definition) is 1. The molecule has 1 saturated carbocycles. The molecule has 1 aliphatic carbocycles. The summed E-state index contributed by atoms with van der Waals surface area (Å²) in [5.41, 5.74) is 1.47. The summed E-state index contributed by atoms with van der Waals surface area (Å²) >= 11 is 0. The molecule has 1 aromatic carbocycles. The maximum absolute atomic E-state index is 3.82. The third-order valence-corrected chi connectivity index (χ3v) is 5.32. The fraction of sp³-hybridized carbons (Fsp3) is 0.684. The number of piperazine rings is 1. The van der Waals surface area contributed by atoms with Crippen molar-refractivity contribution in [3.63, 3.8) is 0 Å². The van der Waals surface area contributed by atoms with Crippen LogP contribution in [0.15, 0.2) is 30.3 Å². The average Bonchev–Trinajstić information content (AvgIpc) is 3.32. The van der Waals surface area contributed by atoms with Gasteiger partial charge in [-0.25, -0.2) is 0 Å². The van der Waals surface area contributed by atoms with Crippen molar-refractivity contribution in [3.05, 3.63) is 35.9 Å². The van der Waals surface area contributed by atoms with Crippen LogP contribution in [0.5, 0.6) is 0 Å². The Balaban J connectivity index is 1.68. The molecule has 0 radical (unpaired) electrons. The van der Waals surface area contributed by atoms with Gasteiger partial charge in [0, 0.05) is 31.2 Å². The van der Waals surface area contributed by atoms with Gasteiger partial charge in [0.2, 0.25) is 0 Å². The molecule has 3 rings (SSSR count). The first-order valence-electron chi connectivity index (χ1n) is 8.68. The van der Waals surface area contributed by atoms with Crippen LogP contribution in [-0.2, 0) is 6.42 Å². The fourth-order valence-corrected chi connectivity index (χ4v) is 3.83. The zero-order valence-electron chi connectivity index (χ0n) is 13.8. The van der Waals surface area contributed by atoms with E-state index in [-0.39, 0.29) is 0 Å². The Morgan fingerprint density at radius 2 is 1.86 bits per heavy atom. The molecule has 2 fully saturated rings. The van der Waals surface area contributed by atoms with E-state index in [4.69, 9.17) is 0 Å². The molecule has 3 atom stereocenters. The van der Waals surface area contributed by atoms with E-state index in [1.165, 1.54) is 31.4 Å². The van der Waals surface area contributed by atoms with Gasteiger partial charge in [0.05, 0.1) is 0 Å². The standard InChI is InChI=1S/C19H30N2/c1-14(2)19-12-20-18(17-9-10-17)13-21(19)15(3)11-16-7-5-4-6-8-16/h4-8,14-15,17-20H,9-13H2,1-3H3. The molecule has 0 aromatic heterocycles. The van der Waals surface area contributed by atoms with Gasteiger partial charge in [0.1, 0.15) is 0 Å². The fourth-order valence-electron chi connectivity index (χ4n) is 3.83. The van der Waals surface area contributed by atoms with Crippen LogP contribution in [0, 0.1) is 11.8 Å². The van der Waals surface area contributed by atoms with Gasteiger partial charge in [-0.3, -0.25) is 4.90 Å². The molecular weight excluding hydrogens is 256 g/mol. The predicted molar refractivity (Wildman–Crippen MR) is 89.5 cm³/mol. The lowest BCUT2D eigenvalue weighted by molar-refractivity contribution is 0.0574. The van der Waals surface area contributed by atoms with Crippen LogP contribution in [0.2, 0.25) is 0 Å². The largest absolute Gasteiger partial charge is 0.311 e. The van der Waals surface area contributed by atoms with Crippen molar-refractivity contribution in [1.29, 1.82) is 0 Å². The van der Waals surface area contributed by atoms with Crippen molar-refractivity contribution in [2.75, 3.05) is 13.1 Å². The smallest absolute Gasteiger partial charge is 0.0247 e. The van der Waals surface area contributed by atoms with E-state index in [1.54, 1.807) is 0 Å². The molecule has 2 aliphatic rings. The lowest BCUT2D eigenvalue weighted by Crippen LogP contribution is -2.61.